The van der Waals surface area contributed by atoms with Crippen LogP contribution in [-0.4, -0.2) is 27.8 Å². The SMILES string of the molecule is CC(=O)Nc1cccc(NC(=O)c2cc(C)nc(NC3CCCCCC3)n2)c1. The molecule has 148 valence electrons. The number of rotatable bonds is 5. The molecule has 7 heteroatoms. The first-order chi connectivity index (χ1) is 13.5. The number of amides is 2. The fourth-order valence-corrected chi connectivity index (χ4v) is 3.43. The molecule has 2 amide bonds. The van der Waals surface area contributed by atoms with Gasteiger partial charge in [0.1, 0.15) is 5.69 Å². The normalized spacial score (nSPS) is 14.8. The van der Waals surface area contributed by atoms with Crippen LogP contribution in [0, 0.1) is 6.92 Å². The molecule has 28 heavy (non-hydrogen) atoms. The molecule has 1 aliphatic carbocycles. The summed E-state index contributed by atoms with van der Waals surface area (Å²) < 4.78 is 0. The molecule has 0 atom stereocenters. The Morgan fingerprint density at radius 3 is 2.32 bits per heavy atom. The summed E-state index contributed by atoms with van der Waals surface area (Å²) >= 11 is 0. The van der Waals surface area contributed by atoms with Crippen LogP contribution in [0.15, 0.2) is 30.3 Å². The van der Waals surface area contributed by atoms with Gasteiger partial charge in [0.2, 0.25) is 11.9 Å². The van der Waals surface area contributed by atoms with Crippen molar-refractivity contribution in [3.63, 3.8) is 0 Å². The molecule has 2 aromatic rings. The third kappa shape index (κ3) is 5.77. The van der Waals surface area contributed by atoms with Crippen molar-refractivity contribution in [2.24, 2.45) is 0 Å². The molecule has 1 aromatic heterocycles. The number of aryl methyl sites for hydroxylation is 1. The molecule has 1 saturated carbocycles. The highest BCUT2D eigenvalue weighted by molar-refractivity contribution is 6.03. The Balaban J connectivity index is 1.71. The summed E-state index contributed by atoms with van der Waals surface area (Å²) in [6, 6.07) is 9.03. The predicted molar refractivity (Wildman–Crippen MR) is 111 cm³/mol. The zero-order valence-corrected chi connectivity index (χ0v) is 16.4. The molecule has 1 aliphatic rings. The highest BCUT2D eigenvalue weighted by Crippen LogP contribution is 2.20. The maximum absolute atomic E-state index is 12.7. The lowest BCUT2D eigenvalue weighted by Gasteiger charge is -2.17. The van der Waals surface area contributed by atoms with Crippen LogP contribution in [-0.2, 0) is 4.79 Å². The molecular formula is C21H27N5O2. The van der Waals surface area contributed by atoms with Gasteiger partial charge in [-0.15, -0.1) is 0 Å². The smallest absolute Gasteiger partial charge is 0.274 e. The van der Waals surface area contributed by atoms with E-state index < -0.39 is 0 Å². The summed E-state index contributed by atoms with van der Waals surface area (Å²) in [4.78, 5) is 32.8. The number of nitrogens with one attached hydrogen (secondary N) is 3. The first kappa shape index (κ1) is 19.8. The van der Waals surface area contributed by atoms with Gasteiger partial charge in [-0.05, 0) is 44.0 Å². The van der Waals surface area contributed by atoms with Crippen molar-refractivity contribution < 1.29 is 9.59 Å². The molecule has 0 saturated heterocycles. The van der Waals surface area contributed by atoms with Crippen LogP contribution >= 0.6 is 0 Å². The van der Waals surface area contributed by atoms with E-state index in [9.17, 15) is 9.59 Å². The Morgan fingerprint density at radius 1 is 0.964 bits per heavy atom. The van der Waals surface area contributed by atoms with Crippen LogP contribution < -0.4 is 16.0 Å². The van der Waals surface area contributed by atoms with Crippen LogP contribution in [0.1, 0.15) is 61.6 Å². The first-order valence-corrected chi connectivity index (χ1v) is 9.81. The van der Waals surface area contributed by atoms with Crippen LogP contribution in [0.4, 0.5) is 17.3 Å². The highest BCUT2D eigenvalue weighted by atomic mass is 16.2. The van der Waals surface area contributed by atoms with Gasteiger partial charge in [-0.2, -0.15) is 0 Å². The predicted octanol–water partition coefficient (Wildman–Crippen LogP) is 4.13. The maximum atomic E-state index is 12.7. The molecule has 7 nitrogen and oxygen atoms in total. The summed E-state index contributed by atoms with van der Waals surface area (Å²) in [6.07, 6.45) is 7.18. The Bertz CT molecular complexity index is 844. The molecule has 0 bridgehead atoms. The van der Waals surface area contributed by atoms with Crippen LogP contribution in [0.3, 0.4) is 0 Å². The van der Waals surface area contributed by atoms with Crippen LogP contribution in [0.2, 0.25) is 0 Å². The molecular weight excluding hydrogens is 354 g/mol. The molecule has 0 aliphatic heterocycles. The minimum absolute atomic E-state index is 0.163. The Labute approximate surface area is 165 Å². The van der Waals surface area contributed by atoms with E-state index in [1.165, 1.54) is 32.6 Å². The summed E-state index contributed by atoms with van der Waals surface area (Å²) in [5, 5.41) is 8.93. The number of aromatic nitrogens is 2. The molecule has 3 N–H and O–H groups in total. The van der Waals surface area contributed by atoms with Crippen molar-refractivity contribution in [3.8, 4) is 0 Å². The van der Waals surface area contributed by atoms with Gasteiger partial charge in [0.05, 0.1) is 0 Å². The second-order valence-electron chi connectivity index (χ2n) is 7.27. The summed E-state index contributed by atoms with van der Waals surface area (Å²) in [6.45, 7) is 3.30. The lowest BCUT2D eigenvalue weighted by Crippen LogP contribution is -2.22. The molecule has 1 aromatic carbocycles. The van der Waals surface area contributed by atoms with E-state index in [-0.39, 0.29) is 11.8 Å². The van der Waals surface area contributed by atoms with Gasteiger partial charge in [-0.1, -0.05) is 31.7 Å². The Kier molecular flexibility index (Phi) is 6.57. The molecule has 1 fully saturated rings. The van der Waals surface area contributed by atoms with Crippen molar-refractivity contribution in [1.29, 1.82) is 0 Å². The minimum Gasteiger partial charge on any atom is -0.351 e. The van der Waals surface area contributed by atoms with Gasteiger partial charge in [0.25, 0.3) is 5.91 Å². The maximum Gasteiger partial charge on any atom is 0.274 e. The monoisotopic (exact) mass is 381 g/mol. The number of benzene rings is 1. The van der Waals surface area contributed by atoms with Gasteiger partial charge in [0.15, 0.2) is 0 Å². The van der Waals surface area contributed by atoms with Gasteiger partial charge in [-0.3, -0.25) is 9.59 Å². The van der Waals surface area contributed by atoms with Crippen LogP contribution in [0.5, 0.6) is 0 Å². The number of hydrogen-bond donors (Lipinski definition) is 3. The molecule has 0 unspecified atom stereocenters. The zero-order valence-electron chi connectivity index (χ0n) is 16.4. The van der Waals surface area contributed by atoms with Gasteiger partial charge in [0, 0.05) is 30.0 Å². The summed E-state index contributed by atoms with van der Waals surface area (Å²) in [5.41, 5.74) is 2.27. The average Bonchev–Trinajstić information content (AvgIpc) is 2.89. The molecule has 0 radical (unpaired) electrons. The standard InChI is InChI=1S/C21H27N5O2/c1-14-12-19(26-21(22-14)25-16-8-5-3-4-6-9-16)20(28)24-18-11-7-10-17(13-18)23-15(2)27/h7,10-13,16H,3-6,8-9H2,1-2H3,(H,23,27)(H,24,28)(H,22,25,26). The first-order valence-electron chi connectivity index (χ1n) is 9.81. The topological polar surface area (TPSA) is 96.0 Å². The number of nitrogens with zero attached hydrogens (tertiary/aromatic N) is 2. The minimum atomic E-state index is -0.311. The van der Waals surface area contributed by atoms with Gasteiger partial charge < -0.3 is 16.0 Å². The average molecular weight is 381 g/mol. The van der Waals surface area contributed by atoms with E-state index in [4.69, 9.17) is 0 Å². The van der Waals surface area contributed by atoms with E-state index in [0.717, 1.165) is 18.5 Å². The Morgan fingerprint density at radius 2 is 1.64 bits per heavy atom. The van der Waals surface area contributed by atoms with Crippen LogP contribution in [0.25, 0.3) is 0 Å². The largest absolute Gasteiger partial charge is 0.351 e. The quantitative estimate of drug-likeness (QED) is 0.677. The second-order valence-corrected chi connectivity index (χ2v) is 7.27. The van der Waals surface area contributed by atoms with Crippen molar-refractivity contribution >= 4 is 29.1 Å². The molecule has 3 rings (SSSR count). The third-order valence-electron chi connectivity index (χ3n) is 4.72. The highest BCUT2D eigenvalue weighted by Gasteiger charge is 2.16. The number of carbonyl (C=O) groups excluding carboxylic acids is 2. The summed E-state index contributed by atoms with van der Waals surface area (Å²) in [7, 11) is 0. The molecule has 1 heterocycles. The van der Waals surface area contributed by atoms with Crippen molar-refractivity contribution in [3.05, 3.63) is 41.7 Å². The Hall–Kier alpha value is -2.96. The lowest BCUT2D eigenvalue weighted by molar-refractivity contribution is -0.114. The zero-order chi connectivity index (χ0) is 19.9. The van der Waals surface area contributed by atoms with Crippen molar-refractivity contribution in [2.45, 2.75) is 58.4 Å². The number of carbonyl (C=O) groups is 2. The van der Waals surface area contributed by atoms with Gasteiger partial charge in [-0.25, -0.2) is 9.97 Å². The van der Waals surface area contributed by atoms with E-state index >= 15 is 0 Å². The lowest BCUT2D eigenvalue weighted by atomic mass is 10.1. The van der Waals surface area contributed by atoms with Crippen molar-refractivity contribution in [1.82, 2.24) is 9.97 Å². The second kappa shape index (κ2) is 9.30. The summed E-state index contributed by atoms with van der Waals surface area (Å²) in [5.74, 6) is 0.0302. The number of hydrogen-bond acceptors (Lipinski definition) is 5. The van der Waals surface area contributed by atoms with Crippen molar-refractivity contribution in [2.75, 3.05) is 16.0 Å². The van der Waals surface area contributed by atoms with E-state index in [1.54, 1.807) is 30.3 Å². The number of anilines is 3. The fourth-order valence-electron chi connectivity index (χ4n) is 3.43. The van der Waals surface area contributed by atoms with E-state index in [1.807, 2.05) is 6.92 Å². The van der Waals surface area contributed by atoms with Gasteiger partial charge >= 0.3 is 0 Å². The van der Waals surface area contributed by atoms with E-state index in [0.29, 0.717) is 29.1 Å². The fraction of sp³-hybridized carbons (Fsp3) is 0.429. The van der Waals surface area contributed by atoms with E-state index in [2.05, 4.69) is 25.9 Å². The third-order valence-corrected chi connectivity index (χ3v) is 4.72. The molecule has 0 spiro atoms.